The molecule has 0 bridgehead atoms. The van der Waals surface area contributed by atoms with Gasteiger partial charge < -0.3 is 14.5 Å². The van der Waals surface area contributed by atoms with Crippen molar-refractivity contribution in [2.75, 3.05) is 13.6 Å². The van der Waals surface area contributed by atoms with Crippen LogP contribution in [0.5, 0.6) is 5.75 Å². The first-order valence-corrected chi connectivity index (χ1v) is 8.54. The Morgan fingerprint density at radius 1 is 1.26 bits per heavy atom. The largest absolute Gasteiger partial charge is 0.488 e. The number of benzene rings is 1. The molecule has 0 saturated heterocycles. The Hall–Kier alpha value is -2.32. The van der Waals surface area contributed by atoms with Gasteiger partial charge in [0.25, 0.3) is 15.9 Å². The minimum atomic E-state index is -3.70. The van der Waals surface area contributed by atoms with E-state index in [9.17, 15) is 13.2 Å². The van der Waals surface area contributed by atoms with Crippen LogP contribution in [0.15, 0.2) is 45.9 Å². The van der Waals surface area contributed by atoms with E-state index in [1.807, 2.05) is 24.3 Å². The van der Waals surface area contributed by atoms with Crippen molar-refractivity contribution < 1.29 is 22.4 Å². The van der Waals surface area contributed by atoms with Crippen LogP contribution in [0.25, 0.3) is 0 Å². The fraction of sp³-hybridized carbons (Fsp3) is 0.267. The normalized spacial score (nSPS) is 16.7. The molecular weight excluding hydrogens is 320 g/mol. The molecular formula is C15H16N2O5S. The lowest BCUT2D eigenvalue weighted by Gasteiger charge is -2.11. The topological polar surface area (TPSA) is 97.6 Å². The summed E-state index contributed by atoms with van der Waals surface area (Å²) in [6, 6.07) is 10.3. The van der Waals surface area contributed by atoms with E-state index in [0.29, 0.717) is 13.0 Å². The highest BCUT2D eigenvalue weighted by molar-refractivity contribution is 7.89. The van der Waals surface area contributed by atoms with Gasteiger partial charge in [0, 0.05) is 6.42 Å². The lowest BCUT2D eigenvalue weighted by molar-refractivity contribution is 0.0900. The zero-order valence-electron chi connectivity index (χ0n) is 12.4. The zero-order valence-corrected chi connectivity index (χ0v) is 13.2. The van der Waals surface area contributed by atoms with Crippen molar-refractivity contribution in [3.05, 3.63) is 47.7 Å². The molecule has 23 heavy (non-hydrogen) atoms. The van der Waals surface area contributed by atoms with Gasteiger partial charge in [-0.1, -0.05) is 18.2 Å². The minimum Gasteiger partial charge on any atom is -0.488 e. The van der Waals surface area contributed by atoms with Crippen LogP contribution in [0.3, 0.4) is 0 Å². The molecule has 2 heterocycles. The van der Waals surface area contributed by atoms with Crippen LogP contribution in [-0.2, 0) is 16.4 Å². The molecule has 1 unspecified atom stereocenters. The van der Waals surface area contributed by atoms with Gasteiger partial charge in [0.05, 0.1) is 6.54 Å². The number of carbonyl (C=O) groups excluding carboxylic acids is 1. The van der Waals surface area contributed by atoms with E-state index >= 15 is 0 Å². The van der Waals surface area contributed by atoms with Gasteiger partial charge in [-0.3, -0.25) is 4.79 Å². The van der Waals surface area contributed by atoms with Crippen molar-refractivity contribution in [3.8, 4) is 5.75 Å². The van der Waals surface area contributed by atoms with Gasteiger partial charge in [-0.05, 0) is 30.8 Å². The lowest BCUT2D eigenvalue weighted by atomic mass is 10.1. The van der Waals surface area contributed by atoms with Crippen molar-refractivity contribution in [2.24, 2.45) is 0 Å². The summed E-state index contributed by atoms with van der Waals surface area (Å²) in [7, 11) is -2.43. The van der Waals surface area contributed by atoms with E-state index in [2.05, 4.69) is 10.0 Å². The summed E-state index contributed by atoms with van der Waals surface area (Å²) in [4.78, 5) is 12.0. The summed E-state index contributed by atoms with van der Waals surface area (Å²) in [6.45, 7) is 0.308. The highest BCUT2D eigenvalue weighted by Crippen LogP contribution is 2.27. The van der Waals surface area contributed by atoms with Crippen molar-refractivity contribution in [3.63, 3.8) is 0 Å². The Bertz CT molecular complexity index is 803. The second-order valence-corrected chi connectivity index (χ2v) is 6.91. The molecule has 3 rings (SSSR count). The number of sulfonamides is 1. The summed E-state index contributed by atoms with van der Waals surface area (Å²) in [5.74, 6) is 0.281. The van der Waals surface area contributed by atoms with E-state index in [-0.39, 0.29) is 17.0 Å². The predicted octanol–water partition coefficient (Wildman–Crippen LogP) is 0.921. The molecule has 0 radical (unpaired) electrons. The second kappa shape index (κ2) is 6.05. The third kappa shape index (κ3) is 3.22. The van der Waals surface area contributed by atoms with E-state index in [0.717, 1.165) is 11.3 Å². The number of ether oxygens (including phenoxy) is 1. The molecule has 2 N–H and O–H groups in total. The van der Waals surface area contributed by atoms with Gasteiger partial charge in [0.15, 0.2) is 5.76 Å². The number of rotatable bonds is 5. The summed E-state index contributed by atoms with van der Waals surface area (Å²) in [6.07, 6.45) is 0.570. The molecule has 1 atom stereocenters. The van der Waals surface area contributed by atoms with Crippen LogP contribution in [0.4, 0.5) is 0 Å². The predicted molar refractivity (Wildman–Crippen MR) is 81.8 cm³/mol. The van der Waals surface area contributed by atoms with E-state index in [4.69, 9.17) is 9.15 Å². The standard InChI is InChI=1S/C15H16N2O5S/c1-16-23(19,20)14-7-6-13(22-14)15(18)17-9-11-8-10-4-2-3-5-12(10)21-11/h2-7,11,16H,8-9H2,1H3,(H,17,18). The number of nitrogens with one attached hydrogen (secondary N) is 2. The Balaban J connectivity index is 1.59. The smallest absolute Gasteiger partial charge is 0.287 e. The molecule has 0 aliphatic carbocycles. The SMILES string of the molecule is CNS(=O)(=O)c1ccc(C(=O)NCC2Cc3ccccc3O2)o1. The number of hydrogen-bond acceptors (Lipinski definition) is 5. The number of carbonyl (C=O) groups is 1. The Morgan fingerprint density at radius 2 is 2.04 bits per heavy atom. The van der Waals surface area contributed by atoms with Crippen molar-refractivity contribution in [2.45, 2.75) is 17.6 Å². The quantitative estimate of drug-likeness (QED) is 0.846. The molecule has 122 valence electrons. The molecule has 1 aromatic heterocycles. The molecule has 0 saturated carbocycles. The van der Waals surface area contributed by atoms with Crippen LogP contribution in [-0.4, -0.2) is 34.0 Å². The van der Waals surface area contributed by atoms with E-state index < -0.39 is 15.9 Å². The minimum absolute atomic E-state index is 0.0608. The van der Waals surface area contributed by atoms with Crippen LogP contribution >= 0.6 is 0 Å². The maximum atomic E-state index is 12.0. The Morgan fingerprint density at radius 3 is 2.78 bits per heavy atom. The van der Waals surface area contributed by atoms with E-state index in [1.165, 1.54) is 19.2 Å². The van der Waals surface area contributed by atoms with Crippen molar-refractivity contribution >= 4 is 15.9 Å². The maximum Gasteiger partial charge on any atom is 0.287 e. The number of amides is 1. The van der Waals surface area contributed by atoms with Crippen molar-refractivity contribution in [1.82, 2.24) is 10.0 Å². The molecule has 8 heteroatoms. The Labute approximate surface area is 133 Å². The molecule has 0 spiro atoms. The first-order valence-electron chi connectivity index (χ1n) is 7.06. The second-order valence-electron chi connectivity index (χ2n) is 5.09. The van der Waals surface area contributed by atoms with Crippen molar-refractivity contribution in [1.29, 1.82) is 0 Å². The zero-order chi connectivity index (χ0) is 16.4. The van der Waals surface area contributed by atoms with Crippen LogP contribution in [0.1, 0.15) is 16.1 Å². The van der Waals surface area contributed by atoms with Crippen LogP contribution < -0.4 is 14.8 Å². The number of furan rings is 1. The van der Waals surface area contributed by atoms with E-state index in [1.54, 1.807) is 0 Å². The van der Waals surface area contributed by atoms with Crippen LogP contribution in [0, 0.1) is 0 Å². The molecule has 0 fully saturated rings. The van der Waals surface area contributed by atoms with Gasteiger partial charge >= 0.3 is 0 Å². The number of fused-ring (bicyclic) bond motifs is 1. The van der Waals surface area contributed by atoms with Gasteiger partial charge in [-0.2, -0.15) is 0 Å². The molecule has 1 amide bonds. The first-order chi connectivity index (χ1) is 11.0. The average molecular weight is 336 g/mol. The molecule has 1 aliphatic rings. The fourth-order valence-corrected chi connectivity index (χ4v) is 3.00. The lowest BCUT2D eigenvalue weighted by Crippen LogP contribution is -2.34. The molecule has 2 aromatic rings. The fourth-order valence-electron chi connectivity index (χ4n) is 2.35. The third-order valence-electron chi connectivity index (χ3n) is 3.54. The van der Waals surface area contributed by atoms with Crippen LogP contribution in [0.2, 0.25) is 0 Å². The van der Waals surface area contributed by atoms with Gasteiger partial charge in [0.1, 0.15) is 11.9 Å². The van der Waals surface area contributed by atoms with Gasteiger partial charge in [-0.25, -0.2) is 13.1 Å². The first kappa shape index (κ1) is 15.6. The highest BCUT2D eigenvalue weighted by atomic mass is 32.2. The molecule has 1 aromatic carbocycles. The van der Waals surface area contributed by atoms with Gasteiger partial charge in [0.2, 0.25) is 5.09 Å². The average Bonchev–Trinajstić information content (AvgIpc) is 3.19. The maximum absolute atomic E-state index is 12.0. The molecule has 1 aliphatic heterocycles. The number of para-hydroxylation sites is 1. The van der Waals surface area contributed by atoms with Gasteiger partial charge in [-0.15, -0.1) is 0 Å². The third-order valence-corrected chi connectivity index (χ3v) is 4.83. The summed E-state index contributed by atoms with van der Waals surface area (Å²) in [5, 5.41) is 2.39. The number of hydrogen-bond donors (Lipinski definition) is 2. The summed E-state index contributed by atoms with van der Waals surface area (Å²) >= 11 is 0. The Kier molecular flexibility index (Phi) is 4.10. The summed E-state index contributed by atoms with van der Waals surface area (Å²) in [5.41, 5.74) is 1.10. The summed E-state index contributed by atoms with van der Waals surface area (Å²) < 4.78 is 36.1. The highest BCUT2D eigenvalue weighted by Gasteiger charge is 2.24. The monoisotopic (exact) mass is 336 g/mol. The molecule has 7 nitrogen and oxygen atoms in total.